The summed E-state index contributed by atoms with van der Waals surface area (Å²) in [6.45, 7) is 0.169. The predicted octanol–water partition coefficient (Wildman–Crippen LogP) is 2.67. The van der Waals surface area contributed by atoms with Crippen LogP contribution in [0.1, 0.15) is 15.9 Å². The molecule has 0 saturated heterocycles. The smallest absolute Gasteiger partial charge is 0.252 e. The van der Waals surface area contributed by atoms with E-state index in [4.69, 9.17) is 0 Å². The van der Waals surface area contributed by atoms with Crippen molar-refractivity contribution in [1.29, 1.82) is 0 Å². The molecule has 0 radical (unpaired) electrons. The van der Waals surface area contributed by atoms with Gasteiger partial charge in [-0.25, -0.2) is 4.39 Å². The largest absolute Gasteiger partial charge is 0.378 e. The molecule has 2 aromatic carbocycles. The molecule has 0 aromatic heterocycles. The monoisotopic (exact) mass is 296 g/mol. The molecule has 0 heterocycles. The molecule has 4 heteroatoms. The zero-order valence-corrected chi connectivity index (χ0v) is 12.6. The topological polar surface area (TPSA) is 32.3 Å². The molecule has 0 aliphatic heterocycles. The van der Waals surface area contributed by atoms with Crippen molar-refractivity contribution < 1.29 is 9.18 Å². The molecule has 22 heavy (non-hydrogen) atoms. The van der Waals surface area contributed by atoms with Crippen LogP contribution in [0.15, 0.2) is 48.5 Å². The van der Waals surface area contributed by atoms with Crippen LogP contribution < -0.4 is 10.2 Å². The Kier molecular flexibility index (Phi) is 5.16. The number of rotatable bonds is 3. The van der Waals surface area contributed by atoms with Gasteiger partial charge in [-0.05, 0) is 36.4 Å². The van der Waals surface area contributed by atoms with Gasteiger partial charge >= 0.3 is 0 Å². The second-order valence-corrected chi connectivity index (χ2v) is 4.91. The van der Waals surface area contributed by atoms with E-state index in [0.717, 1.165) is 5.69 Å². The number of benzene rings is 2. The first-order valence-corrected chi connectivity index (χ1v) is 6.87. The summed E-state index contributed by atoms with van der Waals surface area (Å²) in [6.07, 6.45) is 0. The lowest BCUT2D eigenvalue weighted by molar-refractivity contribution is 0.0958. The molecule has 0 saturated carbocycles. The summed E-state index contributed by atoms with van der Waals surface area (Å²) in [4.78, 5) is 13.9. The molecule has 0 atom stereocenters. The van der Waals surface area contributed by atoms with Crippen molar-refractivity contribution >= 4 is 11.6 Å². The summed E-state index contributed by atoms with van der Waals surface area (Å²) < 4.78 is 13.3. The van der Waals surface area contributed by atoms with Gasteiger partial charge in [0.05, 0.1) is 12.1 Å². The number of carbonyl (C=O) groups excluding carboxylic acids is 1. The standard InChI is InChI=1S/C18H17FN2O/c1-21(2)16-11-9-15(10-12-16)18(22)20-13-5-7-14-6-3-4-8-17(14)19/h3-4,6,8-12H,13H2,1-2H3,(H,20,22). The van der Waals surface area contributed by atoms with E-state index in [-0.39, 0.29) is 18.3 Å². The highest BCUT2D eigenvalue weighted by Gasteiger charge is 2.04. The van der Waals surface area contributed by atoms with Crippen LogP contribution in [0.3, 0.4) is 0 Å². The minimum Gasteiger partial charge on any atom is -0.378 e. The van der Waals surface area contributed by atoms with Crippen molar-refractivity contribution in [3.8, 4) is 11.8 Å². The molecule has 0 bridgehead atoms. The van der Waals surface area contributed by atoms with Crippen molar-refractivity contribution in [3.63, 3.8) is 0 Å². The van der Waals surface area contributed by atoms with E-state index in [1.165, 1.54) is 6.07 Å². The fraction of sp³-hybridized carbons (Fsp3) is 0.167. The number of nitrogens with zero attached hydrogens (tertiary/aromatic N) is 1. The van der Waals surface area contributed by atoms with Crippen LogP contribution in [-0.2, 0) is 0 Å². The molecule has 112 valence electrons. The quantitative estimate of drug-likeness (QED) is 0.883. The van der Waals surface area contributed by atoms with Crippen LogP contribution in [-0.4, -0.2) is 26.5 Å². The number of amides is 1. The van der Waals surface area contributed by atoms with Crippen molar-refractivity contribution in [1.82, 2.24) is 5.32 Å². The van der Waals surface area contributed by atoms with E-state index in [0.29, 0.717) is 11.1 Å². The Morgan fingerprint density at radius 2 is 1.82 bits per heavy atom. The minimum absolute atomic E-state index is 0.169. The van der Waals surface area contributed by atoms with E-state index >= 15 is 0 Å². The van der Waals surface area contributed by atoms with Gasteiger partial charge in [-0.1, -0.05) is 24.0 Å². The summed E-state index contributed by atoms with van der Waals surface area (Å²) in [5, 5.41) is 2.69. The molecule has 0 unspecified atom stereocenters. The van der Waals surface area contributed by atoms with Crippen LogP contribution in [0, 0.1) is 17.7 Å². The lowest BCUT2D eigenvalue weighted by Crippen LogP contribution is -2.23. The summed E-state index contributed by atoms with van der Waals surface area (Å²) in [5.74, 6) is 4.88. The number of anilines is 1. The highest BCUT2D eigenvalue weighted by atomic mass is 19.1. The Morgan fingerprint density at radius 3 is 2.45 bits per heavy atom. The van der Waals surface area contributed by atoms with Crippen molar-refractivity contribution in [3.05, 3.63) is 65.5 Å². The Balaban J connectivity index is 1.92. The molecule has 1 N–H and O–H groups in total. The number of hydrogen-bond donors (Lipinski definition) is 1. The number of halogens is 1. The highest BCUT2D eigenvalue weighted by molar-refractivity contribution is 5.94. The third-order valence-corrected chi connectivity index (χ3v) is 3.08. The third-order valence-electron chi connectivity index (χ3n) is 3.08. The maximum absolute atomic E-state index is 13.3. The third kappa shape index (κ3) is 4.10. The maximum atomic E-state index is 13.3. The SMILES string of the molecule is CN(C)c1ccc(C(=O)NCC#Cc2ccccc2F)cc1. The van der Waals surface area contributed by atoms with Crippen LogP contribution in [0.25, 0.3) is 0 Å². The van der Waals surface area contributed by atoms with Crippen LogP contribution >= 0.6 is 0 Å². The van der Waals surface area contributed by atoms with Crippen molar-refractivity contribution in [2.24, 2.45) is 0 Å². The molecular formula is C18H17FN2O. The fourth-order valence-electron chi connectivity index (χ4n) is 1.84. The second-order valence-electron chi connectivity index (χ2n) is 4.91. The Bertz CT molecular complexity index is 712. The fourth-order valence-corrected chi connectivity index (χ4v) is 1.84. The van der Waals surface area contributed by atoms with Gasteiger partial charge in [0.25, 0.3) is 5.91 Å². The second kappa shape index (κ2) is 7.28. The predicted molar refractivity (Wildman–Crippen MR) is 86.4 cm³/mol. The van der Waals surface area contributed by atoms with E-state index in [2.05, 4.69) is 17.2 Å². The van der Waals surface area contributed by atoms with Gasteiger partial charge in [0.15, 0.2) is 0 Å². The molecule has 3 nitrogen and oxygen atoms in total. The number of nitrogens with one attached hydrogen (secondary N) is 1. The van der Waals surface area contributed by atoms with Gasteiger partial charge < -0.3 is 10.2 Å². The molecular weight excluding hydrogens is 279 g/mol. The van der Waals surface area contributed by atoms with Gasteiger partial charge in [-0.3, -0.25) is 4.79 Å². The van der Waals surface area contributed by atoms with Crippen molar-refractivity contribution in [2.45, 2.75) is 0 Å². The Labute approximate surface area is 129 Å². The molecule has 2 aromatic rings. The molecule has 0 fully saturated rings. The molecule has 1 amide bonds. The summed E-state index contributed by atoms with van der Waals surface area (Å²) in [5.41, 5.74) is 1.92. The molecule has 0 aliphatic carbocycles. The van der Waals surface area contributed by atoms with Gasteiger partial charge in [0.2, 0.25) is 0 Å². The number of hydrogen-bond acceptors (Lipinski definition) is 2. The first-order chi connectivity index (χ1) is 10.6. The zero-order valence-electron chi connectivity index (χ0n) is 12.6. The molecule has 0 aliphatic rings. The Morgan fingerprint density at radius 1 is 1.14 bits per heavy atom. The normalized spacial score (nSPS) is 9.59. The molecule has 2 rings (SSSR count). The summed E-state index contributed by atoms with van der Waals surface area (Å²) in [7, 11) is 3.88. The van der Waals surface area contributed by atoms with Crippen LogP contribution in [0.4, 0.5) is 10.1 Å². The summed E-state index contributed by atoms with van der Waals surface area (Å²) >= 11 is 0. The van der Waals surface area contributed by atoms with Gasteiger partial charge in [0.1, 0.15) is 5.82 Å². The average Bonchev–Trinajstić information content (AvgIpc) is 2.53. The van der Waals surface area contributed by atoms with E-state index < -0.39 is 0 Å². The van der Waals surface area contributed by atoms with Gasteiger partial charge in [0, 0.05) is 25.3 Å². The first-order valence-electron chi connectivity index (χ1n) is 6.87. The Hall–Kier alpha value is -2.80. The van der Waals surface area contributed by atoms with Crippen LogP contribution in [0.2, 0.25) is 0 Å². The lowest BCUT2D eigenvalue weighted by Gasteiger charge is -2.12. The first kappa shape index (κ1) is 15.6. The van der Waals surface area contributed by atoms with Gasteiger partial charge in [-0.2, -0.15) is 0 Å². The average molecular weight is 296 g/mol. The van der Waals surface area contributed by atoms with E-state index in [9.17, 15) is 9.18 Å². The number of carbonyl (C=O) groups is 1. The summed E-state index contributed by atoms with van der Waals surface area (Å²) in [6, 6.07) is 13.6. The van der Waals surface area contributed by atoms with Gasteiger partial charge in [-0.15, -0.1) is 0 Å². The van der Waals surface area contributed by atoms with E-state index in [1.807, 2.05) is 31.1 Å². The van der Waals surface area contributed by atoms with E-state index in [1.54, 1.807) is 30.3 Å². The van der Waals surface area contributed by atoms with Crippen molar-refractivity contribution in [2.75, 3.05) is 25.5 Å². The molecule has 0 spiro atoms. The zero-order chi connectivity index (χ0) is 15.9. The van der Waals surface area contributed by atoms with Crippen LogP contribution in [0.5, 0.6) is 0 Å². The minimum atomic E-state index is -0.361. The highest BCUT2D eigenvalue weighted by Crippen LogP contribution is 2.11. The lowest BCUT2D eigenvalue weighted by atomic mass is 10.2. The maximum Gasteiger partial charge on any atom is 0.252 e.